The van der Waals surface area contributed by atoms with Gasteiger partial charge < -0.3 is 14.1 Å². The van der Waals surface area contributed by atoms with Gasteiger partial charge in [-0.1, -0.05) is 184 Å². The molecule has 0 fully saturated rings. The summed E-state index contributed by atoms with van der Waals surface area (Å²) in [5, 5.41) is 4.61. The standard InChI is InChI=1S/C68H45NO2/c1-67(2)55-23-9-5-18-49(55)52-36-32-45(39-59(52)67)54-38-43-16-3-4-17-44(43)40-61(54)69(46-33-30-42(31-34-46)48-22-15-29-65-66(48)53-21-8-13-27-62(53)70-65)47-35-37-64-60(41-47)68(58-26-12-14-28-63(58)71-64)56-24-10-6-19-50(56)51-20-7-11-25-57(51)68/h3-41H,1-2H3. The number of furan rings is 1. The maximum atomic E-state index is 6.98. The van der Waals surface area contributed by atoms with Crippen LogP contribution in [-0.2, 0) is 10.8 Å². The van der Waals surface area contributed by atoms with E-state index >= 15 is 0 Å². The lowest BCUT2D eigenvalue weighted by Crippen LogP contribution is -2.32. The second-order valence-electron chi connectivity index (χ2n) is 19.9. The molecular formula is C68H45NO2. The number of rotatable bonds is 5. The summed E-state index contributed by atoms with van der Waals surface area (Å²) < 4.78 is 13.4. The Hall–Kier alpha value is -8.92. The molecule has 3 nitrogen and oxygen atoms in total. The monoisotopic (exact) mass is 907 g/mol. The minimum atomic E-state index is -0.623. The van der Waals surface area contributed by atoms with Crippen LogP contribution in [0.4, 0.5) is 17.1 Å². The summed E-state index contributed by atoms with van der Waals surface area (Å²) in [4.78, 5) is 2.48. The van der Waals surface area contributed by atoms with Crippen molar-refractivity contribution in [2.45, 2.75) is 24.7 Å². The molecule has 1 spiro atoms. The summed E-state index contributed by atoms with van der Waals surface area (Å²) in [6.07, 6.45) is 0. The predicted octanol–water partition coefficient (Wildman–Crippen LogP) is 18.3. The average Bonchev–Trinajstić information content (AvgIpc) is 4.03. The third-order valence-electron chi connectivity index (χ3n) is 15.9. The Labute approximate surface area is 412 Å². The van der Waals surface area contributed by atoms with Crippen molar-refractivity contribution in [1.82, 2.24) is 0 Å². The molecule has 11 aromatic carbocycles. The molecule has 3 heteroatoms. The topological polar surface area (TPSA) is 25.6 Å². The number of ether oxygens (including phenoxy) is 1. The molecule has 0 N–H and O–H groups in total. The van der Waals surface area contributed by atoms with Crippen molar-refractivity contribution in [3.8, 4) is 56.0 Å². The third kappa shape index (κ3) is 5.60. The van der Waals surface area contributed by atoms with Gasteiger partial charge in [-0.3, -0.25) is 0 Å². The van der Waals surface area contributed by atoms with Crippen LogP contribution in [0.3, 0.4) is 0 Å². The summed E-state index contributed by atoms with van der Waals surface area (Å²) in [6.45, 7) is 4.73. The highest BCUT2D eigenvalue weighted by Gasteiger charge is 2.51. The Morgan fingerprint density at radius 2 is 0.915 bits per heavy atom. The zero-order valence-electron chi connectivity index (χ0n) is 39.3. The maximum absolute atomic E-state index is 6.98. The Balaban J connectivity index is 0.990. The third-order valence-corrected chi connectivity index (χ3v) is 15.9. The van der Waals surface area contributed by atoms with Gasteiger partial charge in [0.15, 0.2) is 0 Å². The molecule has 1 aliphatic heterocycles. The molecule has 15 rings (SSSR count). The van der Waals surface area contributed by atoms with Crippen molar-refractivity contribution < 1.29 is 9.15 Å². The van der Waals surface area contributed by atoms with Crippen molar-refractivity contribution in [3.63, 3.8) is 0 Å². The molecule has 0 saturated heterocycles. The van der Waals surface area contributed by atoms with Crippen LogP contribution >= 0.6 is 0 Å². The van der Waals surface area contributed by atoms with Gasteiger partial charge in [0, 0.05) is 44.3 Å². The van der Waals surface area contributed by atoms with Gasteiger partial charge in [-0.15, -0.1) is 0 Å². The molecule has 0 bridgehead atoms. The summed E-state index contributed by atoms with van der Waals surface area (Å²) in [5.74, 6) is 1.74. The molecule has 334 valence electrons. The number of nitrogens with zero attached hydrogens (tertiary/aromatic N) is 1. The molecule has 71 heavy (non-hydrogen) atoms. The molecule has 0 saturated carbocycles. The van der Waals surface area contributed by atoms with E-state index in [0.717, 1.165) is 78.3 Å². The molecule has 2 heterocycles. The highest BCUT2D eigenvalue weighted by atomic mass is 16.5. The quantitative estimate of drug-likeness (QED) is 0.172. The van der Waals surface area contributed by atoms with Crippen LogP contribution in [0.2, 0.25) is 0 Å². The lowest BCUT2D eigenvalue weighted by Gasteiger charge is -2.40. The molecule has 2 aliphatic carbocycles. The van der Waals surface area contributed by atoms with E-state index in [-0.39, 0.29) is 5.41 Å². The first-order valence-corrected chi connectivity index (χ1v) is 24.6. The second kappa shape index (κ2) is 14.8. The van der Waals surface area contributed by atoms with Gasteiger partial charge in [-0.05, 0) is 139 Å². The Bertz CT molecular complexity index is 4150. The number of hydrogen-bond donors (Lipinski definition) is 0. The molecule has 1 aromatic heterocycles. The van der Waals surface area contributed by atoms with Gasteiger partial charge in [0.1, 0.15) is 22.7 Å². The second-order valence-corrected chi connectivity index (χ2v) is 19.9. The predicted molar refractivity (Wildman–Crippen MR) is 292 cm³/mol. The van der Waals surface area contributed by atoms with Crippen molar-refractivity contribution in [2.75, 3.05) is 4.90 Å². The maximum Gasteiger partial charge on any atom is 0.136 e. The lowest BCUT2D eigenvalue weighted by atomic mass is 9.66. The molecule has 0 amide bonds. The SMILES string of the molecule is CC1(C)c2ccccc2-c2ccc(-c3cc4ccccc4cc3N(c3ccc(-c4cccc5oc6ccccc6c45)cc3)c3ccc4c(c3)C3(c5ccccc5O4)c4ccccc4-c4ccccc43)cc21. The van der Waals surface area contributed by atoms with E-state index in [1.54, 1.807) is 0 Å². The zero-order valence-corrected chi connectivity index (χ0v) is 39.3. The van der Waals surface area contributed by atoms with Crippen LogP contribution in [0.5, 0.6) is 11.5 Å². The number of benzene rings is 11. The summed E-state index contributed by atoms with van der Waals surface area (Å²) in [5.41, 5.74) is 21.4. The fourth-order valence-corrected chi connectivity index (χ4v) is 12.7. The smallest absolute Gasteiger partial charge is 0.136 e. The Kier molecular flexibility index (Phi) is 8.34. The molecule has 0 unspecified atom stereocenters. The van der Waals surface area contributed by atoms with E-state index in [4.69, 9.17) is 9.15 Å². The van der Waals surface area contributed by atoms with Crippen LogP contribution in [-0.4, -0.2) is 0 Å². The van der Waals surface area contributed by atoms with Crippen LogP contribution in [0.1, 0.15) is 47.2 Å². The number of hydrogen-bond acceptors (Lipinski definition) is 3. The van der Waals surface area contributed by atoms with Crippen LogP contribution in [0, 0.1) is 0 Å². The fourth-order valence-electron chi connectivity index (χ4n) is 12.7. The minimum absolute atomic E-state index is 0.158. The summed E-state index contributed by atoms with van der Waals surface area (Å²) >= 11 is 0. The van der Waals surface area contributed by atoms with E-state index < -0.39 is 5.41 Å². The van der Waals surface area contributed by atoms with Crippen molar-refractivity contribution >= 4 is 49.8 Å². The van der Waals surface area contributed by atoms with Crippen molar-refractivity contribution in [3.05, 3.63) is 270 Å². The minimum Gasteiger partial charge on any atom is -0.457 e. The average molecular weight is 908 g/mol. The highest BCUT2D eigenvalue weighted by molar-refractivity contribution is 6.12. The first kappa shape index (κ1) is 40.0. The summed E-state index contributed by atoms with van der Waals surface area (Å²) in [7, 11) is 0. The largest absolute Gasteiger partial charge is 0.457 e. The van der Waals surface area contributed by atoms with Crippen LogP contribution in [0.15, 0.2) is 241 Å². The Morgan fingerprint density at radius 1 is 0.352 bits per heavy atom. The van der Waals surface area contributed by atoms with Crippen LogP contribution in [0.25, 0.3) is 77.2 Å². The van der Waals surface area contributed by atoms with E-state index in [1.807, 2.05) is 6.07 Å². The van der Waals surface area contributed by atoms with Crippen molar-refractivity contribution in [2.24, 2.45) is 0 Å². The molecule has 0 atom stereocenters. The van der Waals surface area contributed by atoms with Gasteiger partial charge in [0.05, 0.1) is 11.1 Å². The van der Waals surface area contributed by atoms with Gasteiger partial charge >= 0.3 is 0 Å². The molecule has 12 aromatic rings. The van der Waals surface area contributed by atoms with E-state index in [2.05, 4.69) is 249 Å². The van der Waals surface area contributed by atoms with Crippen LogP contribution < -0.4 is 9.64 Å². The highest BCUT2D eigenvalue weighted by Crippen LogP contribution is 2.63. The van der Waals surface area contributed by atoms with Gasteiger partial charge in [0.2, 0.25) is 0 Å². The molecular weight excluding hydrogens is 863 g/mol. The number of anilines is 3. The number of para-hydroxylation sites is 2. The van der Waals surface area contributed by atoms with Gasteiger partial charge in [0.25, 0.3) is 0 Å². The molecule has 3 aliphatic rings. The normalized spacial score (nSPS) is 14.1. The van der Waals surface area contributed by atoms with E-state index in [0.29, 0.717) is 0 Å². The van der Waals surface area contributed by atoms with E-state index in [1.165, 1.54) is 60.8 Å². The summed E-state index contributed by atoms with van der Waals surface area (Å²) in [6, 6.07) is 86.9. The van der Waals surface area contributed by atoms with E-state index in [9.17, 15) is 0 Å². The zero-order chi connectivity index (χ0) is 47.0. The lowest BCUT2D eigenvalue weighted by molar-refractivity contribution is 0.436. The molecule has 0 radical (unpaired) electrons. The van der Waals surface area contributed by atoms with Gasteiger partial charge in [-0.2, -0.15) is 0 Å². The fraction of sp³-hybridized carbons (Fsp3) is 0.0588. The number of fused-ring (bicyclic) bond motifs is 16. The van der Waals surface area contributed by atoms with Crippen molar-refractivity contribution in [1.29, 1.82) is 0 Å². The Morgan fingerprint density at radius 3 is 1.69 bits per heavy atom. The first-order valence-electron chi connectivity index (χ1n) is 24.6. The first-order chi connectivity index (χ1) is 34.9. The van der Waals surface area contributed by atoms with Gasteiger partial charge in [-0.25, -0.2) is 0 Å².